The lowest BCUT2D eigenvalue weighted by molar-refractivity contribution is -0.139. The van der Waals surface area contributed by atoms with Crippen LogP contribution in [-0.2, 0) is 14.3 Å². The lowest BCUT2D eigenvalue weighted by atomic mass is 9.77. The first-order valence-electron chi connectivity index (χ1n) is 5.10. The Balaban J connectivity index is 2.07. The van der Waals surface area contributed by atoms with Crippen LogP contribution in [0.2, 0.25) is 0 Å². The number of nitrogens with one attached hydrogen (secondary N) is 1. The van der Waals surface area contributed by atoms with Gasteiger partial charge in [-0.2, -0.15) is 0 Å². The van der Waals surface area contributed by atoms with Gasteiger partial charge in [0.25, 0.3) is 0 Å². The highest BCUT2D eigenvalue weighted by Gasteiger charge is 2.38. The number of carbonyl (C=O) groups is 2. The second-order valence-electron chi connectivity index (χ2n) is 4.19. The molecule has 3 unspecified atom stereocenters. The maximum atomic E-state index is 11.4. The molecule has 2 aliphatic heterocycles. The maximum Gasteiger partial charge on any atom is 0.229 e. The molecule has 3 atom stereocenters. The summed E-state index contributed by atoms with van der Waals surface area (Å²) in [7, 11) is 0. The lowest BCUT2D eigenvalue weighted by Gasteiger charge is -2.31. The summed E-state index contributed by atoms with van der Waals surface area (Å²) in [4.78, 5) is 22.6. The molecule has 0 spiro atoms. The molecular weight excluding hydrogens is 182 g/mol. The average Bonchev–Trinajstić information content (AvgIpc) is 2.63. The van der Waals surface area contributed by atoms with Gasteiger partial charge in [0.2, 0.25) is 11.8 Å². The fraction of sp³-hybridized carbons (Fsp3) is 0.800. The molecule has 2 heterocycles. The minimum Gasteiger partial charge on any atom is -0.381 e. The molecule has 0 bridgehead atoms. The van der Waals surface area contributed by atoms with Crippen LogP contribution in [0.15, 0.2) is 0 Å². The second kappa shape index (κ2) is 3.69. The number of piperidine rings is 1. The number of rotatable bonds is 1. The zero-order valence-corrected chi connectivity index (χ0v) is 8.29. The van der Waals surface area contributed by atoms with E-state index >= 15 is 0 Å². The Morgan fingerprint density at radius 2 is 2.21 bits per heavy atom. The highest BCUT2D eigenvalue weighted by atomic mass is 16.5. The maximum absolute atomic E-state index is 11.4. The molecule has 2 fully saturated rings. The Labute approximate surface area is 83.0 Å². The van der Waals surface area contributed by atoms with E-state index in [0.29, 0.717) is 18.9 Å². The van der Waals surface area contributed by atoms with Crippen molar-refractivity contribution in [3.8, 4) is 0 Å². The van der Waals surface area contributed by atoms with Crippen LogP contribution in [0.25, 0.3) is 0 Å². The van der Waals surface area contributed by atoms with Crippen molar-refractivity contribution < 1.29 is 14.3 Å². The number of hydrogen-bond acceptors (Lipinski definition) is 3. The molecule has 2 saturated heterocycles. The van der Waals surface area contributed by atoms with E-state index < -0.39 is 0 Å². The Bertz CT molecular complexity index is 258. The van der Waals surface area contributed by atoms with E-state index in [2.05, 4.69) is 5.32 Å². The van der Waals surface area contributed by atoms with E-state index in [4.69, 9.17) is 4.74 Å². The molecule has 0 aromatic rings. The molecule has 0 aromatic carbocycles. The van der Waals surface area contributed by atoms with Crippen LogP contribution in [-0.4, -0.2) is 25.0 Å². The minimum absolute atomic E-state index is 0.0561. The van der Waals surface area contributed by atoms with E-state index in [-0.39, 0.29) is 23.7 Å². The summed E-state index contributed by atoms with van der Waals surface area (Å²) in [6, 6.07) is 0. The molecule has 1 N–H and O–H groups in total. The molecule has 0 saturated carbocycles. The average molecular weight is 197 g/mol. The van der Waals surface area contributed by atoms with E-state index in [0.717, 1.165) is 13.0 Å². The topological polar surface area (TPSA) is 55.4 Å². The van der Waals surface area contributed by atoms with Crippen molar-refractivity contribution in [2.75, 3.05) is 13.2 Å². The number of amides is 2. The van der Waals surface area contributed by atoms with Crippen LogP contribution >= 0.6 is 0 Å². The van der Waals surface area contributed by atoms with Crippen LogP contribution in [0, 0.1) is 17.8 Å². The summed E-state index contributed by atoms with van der Waals surface area (Å²) in [6.07, 6.45) is 1.45. The molecule has 78 valence electrons. The molecule has 0 radical (unpaired) electrons. The highest BCUT2D eigenvalue weighted by Crippen LogP contribution is 2.32. The second-order valence-corrected chi connectivity index (χ2v) is 4.19. The number of carbonyl (C=O) groups excluding carboxylic acids is 2. The molecule has 4 heteroatoms. The van der Waals surface area contributed by atoms with Gasteiger partial charge in [-0.05, 0) is 18.3 Å². The van der Waals surface area contributed by atoms with E-state index in [1.54, 1.807) is 0 Å². The van der Waals surface area contributed by atoms with E-state index in [9.17, 15) is 9.59 Å². The predicted octanol–water partition coefficient (Wildman–Crippen LogP) is 0.322. The standard InChI is InChI=1S/C10H15NO3/c1-6-8(7-2-3-14-5-7)4-9(12)11-10(6)13/h6-8H,2-5H2,1H3,(H,11,12,13). The van der Waals surface area contributed by atoms with Gasteiger partial charge >= 0.3 is 0 Å². The van der Waals surface area contributed by atoms with Gasteiger partial charge in [0, 0.05) is 25.6 Å². The predicted molar refractivity (Wildman–Crippen MR) is 49.3 cm³/mol. The zero-order chi connectivity index (χ0) is 10.1. The van der Waals surface area contributed by atoms with Crippen molar-refractivity contribution >= 4 is 11.8 Å². The molecule has 0 aliphatic carbocycles. The summed E-state index contributed by atoms with van der Waals surface area (Å²) in [6.45, 7) is 3.37. The molecule has 2 amide bonds. The molecule has 2 rings (SSSR count). The van der Waals surface area contributed by atoms with Gasteiger partial charge in [-0.3, -0.25) is 14.9 Å². The van der Waals surface area contributed by atoms with Gasteiger partial charge in [0.05, 0.1) is 0 Å². The van der Waals surface area contributed by atoms with Crippen molar-refractivity contribution in [2.45, 2.75) is 19.8 Å². The fourth-order valence-corrected chi connectivity index (χ4v) is 2.35. The van der Waals surface area contributed by atoms with Crippen molar-refractivity contribution in [3.63, 3.8) is 0 Å². The Hall–Kier alpha value is -0.900. The summed E-state index contributed by atoms with van der Waals surface area (Å²) < 4.78 is 5.29. The highest BCUT2D eigenvalue weighted by molar-refractivity contribution is 5.98. The first-order valence-corrected chi connectivity index (χ1v) is 5.10. The van der Waals surface area contributed by atoms with Gasteiger partial charge in [-0.1, -0.05) is 6.92 Å². The summed E-state index contributed by atoms with van der Waals surface area (Å²) >= 11 is 0. The van der Waals surface area contributed by atoms with E-state index in [1.165, 1.54) is 0 Å². The fourth-order valence-electron chi connectivity index (χ4n) is 2.35. The third-order valence-corrected chi connectivity index (χ3v) is 3.31. The van der Waals surface area contributed by atoms with Crippen molar-refractivity contribution in [1.82, 2.24) is 5.32 Å². The van der Waals surface area contributed by atoms with Crippen LogP contribution in [0.3, 0.4) is 0 Å². The number of hydrogen-bond donors (Lipinski definition) is 1. The Kier molecular flexibility index (Phi) is 2.54. The van der Waals surface area contributed by atoms with Crippen LogP contribution in [0.5, 0.6) is 0 Å². The van der Waals surface area contributed by atoms with E-state index in [1.807, 2.05) is 6.92 Å². The van der Waals surface area contributed by atoms with Crippen LogP contribution in [0.1, 0.15) is 19.8 Å². The Morgan fingerprint density at radius 3 is 2.86 bits per heavy atom. The van der Waals surface area contributed by atoms with Crippen LogP contribution in [0.4, 0.5) is 0 Å². The molecular formula is C10H15NO3. The minimum atomic E-state index is -0.134. The molecule has 4 nitrogen and oxygen atoms in total. The number of ether oxygens (including phenoxy) is 1. The van der Waals surface area contributed by atoms with Crippen molar-refractivity contribution in [3.05, 3.63) is 0 Å². The van der Waals surface area contributed by atoms with Gasteiger partial charge in [0.15, 0.2) is 0 Å². The number of imide groups is 1. The smallest absolute Gasteiger partial charge is 0.229 e. The van der Waals surface area contributed by atoms with Gasteiger partial charge in [-0.25, -0.2) is 0 Å². The van der Waals surface area contributed by atoms with Crippen molar-refractivity contribution in [2.24, 2.45) is 17.8 Å². The first-order chi connectivity index (χ1) is 6.68. The van der Waals surface area contributed by atoms with Crippen molar-refractivity contribution in [1.29, 1.82) is 0 Å². The third kappa shape index (κ3) is 1.66. The lowest BCUT2D eigenvalue weighted by Crippen LogP contribution is -2.46. The van der Waals surface area contributed by atoms with Gasteiger partial charge in [0.1, 0.15) is 0 Å². The largest absolute Gasteiger partial charge is 0.381 e. The monoisotopic (exact) mass is 197 g/mol. The molecule has 14 heavy (non-hydrogen) atoms. The SMILES string of the molecule is CC1C(=O)NC(=O)CC1C1CCOC1. The quantitative estimate of drug-likeness (QED) is 0.616. The summed E-state index contributed by atoms with van der Waals surface area (Å²) in [5.41, 5.74) is 0. The molecule has 0 aromatic heterocycles. The van der Waals surface area contributed by atoms with Gasteiger partial charge in [-0.15, -0.1) is 0 Å². The Morgan fingerprint density at radius 1 is 1.43 bits per heavy atom. The normalized spacial score (nSPS) is 38.5. The molecule has 2 aliphatic rings. The van der Waals surface area contributed by atoms with Crippen LogP contribution < -0.4 is 5.32 Å². The summed E-state index contributed by atoms with van der Waals surface area (Å²) in [5, 5.41) is 2.36. The third-order valence-electron chi connectivity index (χ3n) is 3.31. The zero-order valence-electron chi connectivity index (χ0n) is 8.29. The summed E-state index contributed by atoms with van der Waals surface area (Å²) in [5.74, 6) is 0.251. The first kappa shape index (κ1) is 9.65. The van der Waals surface area contributed by atoms with Gasteiger partial charge < -0.3 is 4.74 Å².